The second-order valence-corrected chi connectivity index (χ2v) is 6.22. The minimum Gasteiger partial charge on any atom is -0.396 e. The van der Waals surface area contributed by atoms with Crippen molar-refractivity contribution in [3.63, 3.8) is 0 Å². The third-order valence-electron chi connectivity index (χ3n) is 4.36. The standard InChI is InChI=1S/C21H20F3N3/c22-18-16(13-27-10-4-8-14-6-2-1-3-7-14)19(23)21(25)17(20(18)24)15-9-5-11-26-12-15/h1-3,5-7,9,11-12,27H,4,8,10,13,25H2. The predicted octanol–water partition coefficient (Wildman–Crippen LogP) is 4.47. The van der Waals surface area contributed by atoms with Gasteiger partial charge in [0.05, 0.1) is 5.69 Å². The Morgan fingerprint density at radius 3 is 2.41 bits per heavy atom. The molecule has 6 heteroatoms. The summed E-state index contributed by atoms with van der Waals surface area (Å²) in [4.78, 5) is 3.84. The van der Waals surface area contributed by atoms with Crippen LogP contribution in [0, 0.1) is 17.5 Å². The van der Waals surface area contributed by atoms with Gasteiger partial charge < -0.3 is 11.1 Å². The van der Waals surface area contributed by atoms with Crippen molar-refractivity contribution in [1.29, 1.82) is 0 Å². The molecule has 3 aromatic rings. The van der Waals surface area contributed by atoms with Crippen molar-refractivity contribution in [3.05, 3.63) is 83.4 Å². The molecule has 3 N–H and O–H groups in total. The first-order chi connectivity index (χ1) is 13.1. The number of hydrogen-bond acceptors (Lipinski definition) is 3. The van der Waals surface area contributed by atoms with Crippen LogP contribution in [-0.4, -0.2) is 11.5 Å². The van der Waals surface area contributed by atoms with Gasteiger partial charge in [0.1, 0.15) is 0 Å². The second-order valence-electron chi connectivity index (χ2n) is 6.22. The van der Waals surface area contributed by atoms with Gasteiger partial charge in [-0.2, -0.15) is 0 Å². The van der Waals surface area contributed by atoms with Crippen LogP contribution in [0.25, 0.3) is 11.1 Å². The summed E-state index contributed by atoms with van der Waals surface area (Å²) in [6.45, 7) is 0.403. The molecule has 0 bridgehead atoms. The Kier molecular flexibility index (Phi) is 6.08. The van der Waals surface area contributed by atoms with Gasteiger partial charge in [-0.15, -0.1) is 0 Å². The van der Waals surface area contributed by atoms with Gasteiger partial charge in [-0.3, -0.25) is 4.98 Å². The number of aryl methyl sites for hydroxylation is 1. The number of aromatic nitrogens is 1. The van der Waals surface area contributed by atoms with E-state index in [4.69, 9.17) is 5.73 Å². The molecule has 0 amide bonds. The predicted molar refractivity (Wildman–Crippen MR) is 100 cm³/mol. The molecule has 0 atom stereocenters. The summed E-state index contributed by atoms with van der Waals surface area (Å²) in [7, 11) is 0. The molecule has 0 aliphatic rings. The lowest BCUT2D eigenvalue weighted by Crippen LogP contribution is -2.19. The number of nitrogens with two attached hydrogens (primary N) is 1. The molecule has 140 valence electrons. The monoisotopic (exact) mass is 371 g/mol. The lowest BCUT2D eigenvalue weighted by molar-refractivity contribution is 0.475. The molecule has 27 heavy (non-hydrogen) atoms. The van der Waals surface area contributed by atoms with Gasteiger partial charge in [-0.1, -0.05) is 36.4 Å². The van der Waals surface area contributed by atoms with E-state index in [2.05, 4.69) is 10.3 Å². The summed E-state index contributed by atoms with van der Waals surface area (Å²) < 4.78 is 43.5. The molecule has 0 aliphatic carbocycles. The van der Waals surface area contributed by atoms with Crippen LogP contribution in [-0.2, 0) is 13.0 Å². The summed E-state index contributed by atoms with van der Waals surface area (Å²) in [5, 5.41) is 2.95. The average molecular weight is 371 g/mol. The van der Waals surface area contributed by atoms with Crippen LogP contribution >= 0.6 is 0 Å². The Morgan fingerprint density at radius 2 is 1.70 bits per heavy atom. The highest BCUT2D eigenvalue weighted by molar-refractivity contribution is 5.77. The Labute approximate surface area is 156 Å². The first-order valence-electron chi connectivity index (χ1n) is 8.69. The van der Waals surface area contributed by atoms with E-state index in [9.17, 15) is 13.2 Å². The van der Waals surface area contributed by atoms with E-state index in [1.54, 1.807) is 6.07 Å². The number of nitrogens with zero attached hydrogens (tertiary/aromatic N) is 1. The maximum Gasteiger partial charge on any atom is 0.169 e. The molecule has 0 unspecified atom stereocenters. The van der Waals surface area contributed by atoms with E-state index in [1.165, 1.54) is 24.0 Å². The fourth-order valence-corrected chi connectivity index (χ4v) is 2.95. The van der Waals surface area contributed by atoms with Gasteiger partial charge >= 0.3 is 0 Å². The highest BCUT2D eigenvalue weighted by Gasteiger charge is 2.24. The largest absolute Gasteiger partial charge is 0.396 e. The molecule has 3 rings (SSSR count). The minimum atomic E-state index is -1.23. The Morgan fingerprint density at radius 1 is 0.926 bits per heavy atom. The zero-order valence-corrected chi connectivity index (χ0v) is 14.7. The van der Waals surface area contributed by atoms with Crippen LogP contribution in [0.2, 0.25) is 0 Å². The Hall–Kier alpha value is -2.86. The summed E-state index contributed by atoms with van der Waals surface area (Å²) in [6.07, 6.45) is 4.43. The van der Waals surface area contributed by atoms with Gasteiger partial charge in [-0.25, -0.2) is 13.2 Å². The van der Waals surface area contributed by atoms with Crippen molar-refractivity contribution in [2.75, 3.05) is 12.3 Å². The number of rotatable bonds is 7. The number of hydrogen-bond donors (Lipinski definition) is 2. The van der Waals surface area contributed by atoms with Gasteiger partial charge in [0.25, 0.3) is 0 Å². The summed E-state index contributed by atoms with van der Waals surface area (Å²) in [6, 6.07) is 13.0. The topological polar surface area (TPSA) is 50.9 Å². The van der Waals surface area contributed by atoms with Crippen molar-refractivity contribution in [2.24, 2.45) is 0 Å². The molecule has 1 aromatic heterocycles. The second kappa shape index (κ2) is 8.68. The molecule has 0 aliphatic heterocycles. The van der Waals surface area contributed by atoms with Crippen molar-refractivity contribution in [3.8, 4) is 11.1 Å². The van der Waals surface area contributed by atoms with E-state index in [0.29, 0.717) is 6.54 Å². The number of benzene rings is 2. The third kappa shape index (κ3) is 4.28. The van der Waals surface area contributed by atoms with E-state index in [-0.39, 0.29) is 17.7 Å². The van der Waals surface area contributed by atoms with Gasteiger partial charge in [0.2, 0.25) is 0 Å². The highest BCUT2D eigenvalue weighted by Crippen LogP contribution is 2.34. The van der Waals surface area contributed by atoms with E-state index in [1.807, 2.05) is 30.3 Å². The maximum absolute atomic E-state index is 14.6. The molecule has 3 nitrogen and oxygen atoms in total. The van der Waals surface area contributed by atoms with Crippen molar-refractivity contribution in [2.45, 2.75) is 19.4 Å². The average Bonchev–Trinajstić information content (AvgIpc) is 2.70. The number of nitrogens with one attached hydrogen (secondary N) is 1. The van der Waals surface area contributed by atoms with Gasteiger partial charge in [-0.05, 0) is 31.0 Å². The molecule has 0 radical (unpaired) electrons. The SMILES string of the molecule is Nc1c(F)c(CNCCCc2ccccc2)c(F)c(F)c1-c1cccnc1. The molecule has 0 saturated heterocycles. The number of pyridine rings is 1. The van der Waals surface area contributed by atoms with E-state index < -0.39 is 28.7 Å². The maximum atomic E-state index is 14.6. The Bertz CT molecular complexity index is 871. The zero-order chi connectivity index (χ0) is 19.2. The summed E-state index contributed by atoms with van der Waals surface area (Å²) in [5.41, 5.74) is 6.07. The molecular formula is C21H20F3N3. The molecule has 0 spiro atoms. The number of nitrogen functional groups attached to an aromatic ring is 1. The van der Waals surface area contributed by atoms with Crippen LogP contribution in [0.15, 0.2) is 54.9 Å². The molecule has 1 heterocycles. The van der Waals surface area contributed by atoms with E-state index in [0.717, 1.165) is 12.8 Å². The highest BCUT2D eigenvalue weighted by atomic mass is 19.2. The van der Waals surface area contributed by atoms with Crippen molar-refractivity contribution < 1.29 is 13.2 Å². The Balaban J connectivity index is 1.69. The molecule has 0 saturated carbocycles. The van der Waals surface area contributed by atoms with Gasteiger partial charge in [0, 0.05) is 35.6 Å². The van der Waals surface area contributed by atoms with Crippen LogP contribution in [0.4, 0.5) is 18.9 Å². The van der Waals surface area contributed by atoms with Gasteiger partial charge in [0.15, 0.2) is 17.5 Å². The fraction of sp³-hybridized carbons (Fsp3) is 0.190. The minimum absolute atomic E-state index is 0.138. The van der Waals surface area contributed by atoms with Crippen molar-refractivity contribution in [1.82, 2.24) is 10.3 Å². The third-order valence-corrected chi connectivity index (χ3v) is 4.36. The quantitative estimate of drug-likeness (QED) is 0.366. The first-order valence-corrected chi connectivity index (χ1v) is 8.69. The van der Waals surface area contributed by atoms with Crippen LogP contribution in [0.5, 0.6) is 0 Å². The number of halogens is 3. The normalized spacial score (nSPS) is 10.9. The summed E-state index contributed by atoms with van der Waals surface area (Å²) in [5.74, 6) is -3.33. The fourth-order valence-electron chi connectivity index (χ4n) is 2.95. The smallest absolute Gasteiger partial charge is 0.169 e. The molecule has 0 fully saturated rings. The lowest BCUT2D eigenvalue weighted by Gasteiger charge is -2.14. The first kappa shape index (κ1) is 18.9. The van der Waals surface area contributed by atoms with Crippen LogP contribution < -0.4 is 11.1 Å². The molecular weight excluding hydrogens is 351 g/mol. The molecule has 2 aromatic carbocycles. The number of anilines is 1. The van der Waals surface area contributed by atoms with Crippen LogP contribution in [0.3, 0.4) is 0 Å². The summed E-state index contributed by atoms with van der Waals surface area (Å²) >= 11 is 0. The van der Waals surface area contributed by atoms with Crippen LogP contribution in [0.1, 0.15) is 17.5 Å². The zero-order valence-electron chi connectivity index (χ0n) is 14.7. The lowest BCUT2D eigenvalue weighted by atomic mass is 10.0. The van der Waals surface area contributed by atoms with E-state index >= 15 is 0 Å². The van der Waals surface area contributed by atoms with Crippen molar-refractivity contribution >= 4 is 5.69 Å².